The molecule has 2 aromatic carbocycles. The number of piperidine rings is 1. The van der Waals surface area contributed by atoms with Gasteiger partial charge in [0.05, 0.1) is 29.0 Å². The monoisotopic (exact) mass is 507 g/mol. The Balaban J connectivity index is 1.40. The highest BCUT2D eigenvalue weighted by Gasteiger charge is 2.26. The van der Waals surface area contributed by atoms with E-state index in [0.717, 1.165) is 71.7 Å². The maximum absolute atomic E-state index is 13.5. The molecule has 0 saturated carbocycles. The molecule has 2 aliphatic rings. The van der Waals surface area contributed by atoms with Gasteiger partial charge in [0, 0.05) is 74.7 Å². The van der Waals surface area contributed by atoms with Crippen LogP contribution in [0.1, 0.15) is 34.5 Å². The molecule has 0 aliphatic carbocycles. The fourth-order valence-electron chi connectivity index (χ4n) is 5.55. The van der Waals surface area contributed by atoms with Crippen molar-refractivity contribution in [3.63, 3.8) is 0 Å². The molecule has 4 aromatic rings. The maximum Gasteiger partial charge on any atom is 0.254 e. The van der Waals surface area contributed by atoms with Gasteiger partial charge in [-0.1, -0.05) is 24.3 Å². The third-order valence-corrected chi connectivity index (χ3v) is 7.47. The number of likely N-dealkylation sites (tertiary alicyclic amines) is 1. The predicted octanol–water partition coefficient (Wildman–Crippen LogP) is 4.26. The lowest BCUT2D eigenvalue weighted by atomic mass is 10.0. The first-order valence-electron chi connectivity index (χ1n) is 13.3. The molecule has 1 fully saturated rings. The first kappa shape index (κ1) is 24.2. The fourth-order valence-corrected chi connectivity index (χ4v) is 5.55. The van der Waals surface area contributed by atoms with Crippen LogP contribution in [0, 0.1) is 0 Å². The number of hydrogen-bond acceptors (Lipinski definition) is 6. The molecule has 1 saturated heterocycles. The van der Waals surface area contributed by atoms with E-state index in [0.29, 0.717) is 18.7 Å². The van der Waals surface area contributed by atoms with Crippen LogP contribution in [0.5, 0.6) is 0 Å². The number of aliphatic imine (C=N–C) groups is 1. The number of likely N-dealkylation sites (N-methyl/N-ethyl adjacent to an activating group) is 1. The molecule has 0 radical (unpaired) electrons. The summed E-state index contributed by atoms with van der Waals surface area (Å²) in [5.41, 5.74) is 12.8. The number of rotatable bonds is 5. The largest absolute Gasteiger partial charge is 0.382 e. The Labute approximate surface area is 222 Å². The van der Waals surface area contributed by atoms with Gasteiger partial charge in [0.25, 0.3) is 5.91 Å². The van der Waals surface area contributed by atoms with E-state index < -0.39 is 0 Å². The average Bonchev–Trinajstić information content (AvgIpc) is 3.29. The Bertz CT molecular complexity index is 1490. The number of fused-ring (bicyclic) bond motifs is 2. The van der Waals surface area contributed by atoms with Crippen molar-refractivity contribution in [2.45, 2.75) is 25.4 Å². The normalized spacial score (nSPS) is 17.6. The van der Waals surface area contributed by atoms with Crippen LogP contribution in [0.3, 0.4) is 0 Å². The van der Waals surface area contributed by atoms with Crippen molar-refractivity contribution in [3.05, 3.63) is 83.8 Å². The lowest BCUT2D eigenvalue weighted by molar-refractivity contribution is 0.0709. The number of carbonyl (C=O) groups is 1. The quantitative estimate of drug-likeness (QED) is 0.394. The topological polar surface area (TPSA) is 91.8 Å². The van der Waals surface area contributed by atoms with Crippen molar-refractivity contribution in [3.8, 4) is 0 Å². The number of nitrogens with zero attached hydrogens (tertiary/aromatic N) is 5. The molecule has 1 amide bonds. The zero-order chi connectivity index (χ0) is 26.1. The van der Waals surface area contributed by atoms with Crippen LogP contribution in [0.4, 0.5) is 17.1 Å². The number of hydrogen-bond donors (Lipinski definition) is 2. The Morgan fingerprint density at radius 2 is 2.08 bits per heavy atom. The van der Waals surface area contributed by atoms with Crippen LogP contribution in [-0.2, 0) is 6.54 Å². The van der Waals surface area contributed by atoms with E-state index >= 15 is 0 Å². The molecule has 4 heterocycles. The number of aromatic nitrogens is 2. The summed E-state index contributed by atoms with van der Waals surface area (Å²) in [6.45, 7) is 3.71. The molecule has 2 aliphatic heterocycles. The second-order valence-corrected chi connectivity index (χ2v) is 10.2. The van der Waals surface area contributed by atoms with E-state index in [1.54, 1.807) is 6.20 Å². The molecule has 0 spiro atoms. The summed E-state index contributed by atoms with van der Waals surface area (Å²) >= 11 is 0. The zero-order valence-corrected chi connectivity index (χ0v) is 21.7. The van der Waals surface area contributed by atoms with Gasteiger partial charge in [-0.25, -0.2) is 0 Å². The Morgan fingerprint density at radius 1 is 1.18 bits per heavy atom. The number of benzene rings is 2. The van der Waals surface area contributed by atoms with E-state index in [-0.39, 0.29) is 11.9 Å². The standard InChI is InChI=1S/C30H33N7O/c1-35-13-11-33-26-15-23(30(38)36-12-5-8-24(31)20-36)16-27(29(26)35)34-18-25-14-22-7-2-3-9-28(22)37(25)19-21-6-4-10-32-17-21/h2-4,6-7,9-10,14-18,24,33H,5,8,11-13,19-20,31H2,1H3/b34-18+. The number of anilines is 2. The second-order valence-electron chi connectivity index (χ2n) is 10.2. The van der Waals surface area contributed by atoms with Gasteiger partial charge in [-0.3, -0.25) is 14.8 Å². The summed E-state index contributed by atoms with van der Waals surface area (Å²) in [4.78, 5) is 26.9. The van der Waals surface area contributed by atoms with Crippen LogP contribution < -0.4 is 16.0 Å². The zero-order valence-electron chi connectivity index (χ0n) is 21.7. The molecule has 2 aromatic heterocycles. The van der Waals surface area contributed by atoms with Crippen molar-refractivity contribution < 1.29 is 4.79 Å². The molecule has 8 nitrogen and oxygen atoms in total. The van der Waals surface area contributed by atoms with Gasteiger partial charge in [-0.2, -0.15) is 0 Å². The third kappa shape index (κ3) is 4.75. The fraction of sp³-hybridized carbons (Fsp3) is 0.300. The molecule has 0 bridgehead atoms. The first-order chi connectivity index (χ1) is 18.6. The number of nitrogens with two attached hydrogens (primary N) is 1. The molecule has 3 N–H and O–H groups in total. The summed E-state index contributed by atoms with van der Waals surface area (Å²) in [5, 5.41) is 4.64. The third-order valence-electron chi connectivity index (χ3n) is 7.47. The van der Waals surface area contributed by atoms with E-state index in [1.807, 2.05) is 35.5 Å². The summed E-state index contributed by atoms with van der Waals surface area (Å²) < 4.78 is 2.26. The highest BCUT2D eigenvalue weighted by Crippen LogP contribution is 2.39. The predicted molar refractivity (Wildman–Crippen MR) is 154 cm³/mol. The minimum Gasteiger partial charge on any atom is -0.382 e. The Hall–Kier alpha value is -4.17. The van der Waals surface area contributed by atoms with Crippen LogP contribution in [0.2, 0.25) is 0 Å². The Morgan fingerprint density at radius 3 is 2.92 bits per heavy atom. The minimum atomic E-state index is 0.0140. The molecule has 1 atom stereocenters. The lowest BCUT2D eigenvalue weighted by Gasteiger charge is -2.33. The van der Waals surface area contributed by atoms with Crippen LogP contribution in [0.15, 0.2) is 72.0 Å². The maximum atomic E-state index is 13.5. The minimum absolute atomic E-state index is 0.0140. The first-order valence-corrected chi connectivity index (χ1v) is 13.3. The summed E-state index contributed by atoms with van der Waals surface area (Å²) in [7, 11) is 2.07. The molecule has 194 valence electrons. The second kappa shape index (κ2) is 10.3. The van der Waals surface area contributed by atoms with Gasteiger partial charge in [0.15, 0.2) is 0 Å². The number of amides is 1. The van der Waals surface area contributed by atoms with Gasteiger partial charge in [-0.05, 0) is 48.7 Å². The summed E-state index contributed by atoms with van der Waals surface area (Å²) in [6, 6.07) is 18.5. The van der Waals surface area contributed by atoms with Crippen molar-refractivity contribution in [1.82, 2.24) is 14.5 Å². The van der Waals surface area contributed by atoms with E-state index in [9.17, 15) is 4.79 Å². The number of para-hydroxylation sites is 1. The van der Waals surface area contributed by atoms with Gasteiger partial charge >= 0.3 is 0 Å². The molecular weight excluding hydrogens is 474 g/mol. The number of pyridine rings is 1. The molecule has 6 rings (SSSR count). The van der Waals surface area contributed by atoms with E-state index in [4.69, 9.17) is 10.7 Å². The van der Waals surface area contributed by atoms with E-state index in [1.165, 1.54) is 0 Å². The van der Waals surface area contributed by atoms with Crippen molar-refractivity contribution >= 4 is 40.1 Å². The summed E-state index contributed by atoms with van der Waals surface area (Å²) in [6.07, 6.45) is 7.50. The van der Waals surface area contributed by atoms with Crippen LogP contribution >= 0.6 is 0 Å². The molecular formula is C30H33N7O. The smallest absolute Gasteiger partial charge is 0.254 e. The highest BCUT2D eigenvalue weighted by atomic mass is 16.2. The molecule has 38 heavy (non-hydrogen) atoms. The SMILES string of the molecule is CN1CCNc2cc(C(=O)N3CCCC(N)C3)cc(/N=C/c3cc4ccccc4n3Cc3cccnc3)c21. The number of nitrogens with one attached hydrogen (secondary N) is 1. The van der Waals surface area contributed by atoms with Crippen molar-refractivity contribution in [2.75, 3.05) is 43.4 Å². The van der Waals surface area contributed by atoms with Gasteiger partial charge < -0.3 is 25.4 Å². The van der Waals surface area contributed by atoms with Crippen molar-refractivity contribution in [1.29, 1.82) is 0 Å². The van der Waals surface area contributed by atoms with Gasteiger partial charge in [-0.15, -0.1) is 0 Å². The van der Waals surface area contributed by atoms with Gasteiger partial charge in [0.1, 0.15) is 0 Å². The number of carbonyl (C=O) groups excluding carboxylic acids is 1. The van der Waals surface area contributed by atoms with Crippen molar-refractivity contribution in [2.24, 2.45) is 10.7 Å². The summed E-state index contributed by atoms with van der Waals surface area (Å²) in [5.74, 6) is 0.0140. The Kier molecular flexibility index (Phi) is 6.55. The van der Waals surface area contributed by atoms with E-state index in [2.05, 4.69) is 63.2 Å². The lowest BCUT2D eigenvalue weighted by Crippen LogP contribution is -2.45. The highest BCUT2D eigenvalue weighted by molar-refractivity contribution is 6.00. The molecule has 1 unspecified atom stereocenters. The van der Waals surface area contributed by atoms with Crippen LogP contribution in [-0.4, -0.2) is 65.8 Å². The van der Waals surface area contributed by atoms with Gasteiger partial charge in [0.2, 0.25) is 0 Å². The molecule has 8 heteroatoms. The average molecular weight is 508 g/mol. The van der Waals surface area contributed by atoms with Crippen LogP contribution in [0.25, 0.3) is 10.9 Å².